The number of allylic oxidation sites excluding steroid dienone is 4. The molecule has 2 aromatic carbocycles. The van der Waals surface area contributed by atoms with Crippen LogP contribution in [0.3, 0.4) is 0 Å². The van der Waals surface area contributed by atoms with Gasteiger partial charge in [0.1, 0.15) is 6.61 Å². The Morgan fingerprint density at radius 3 is 1.97 bits per heavy atom. The fourth-order valence-corrected chi connectivity index (χ4v) is 6.81. The molecule has 0 bridgehead atoms. The van der Waals surface area contributed by atoms with Gasteiger partial charge in [-0.3, -0.25) is 9.59 Å². The maximum atomic E-state index is 13.9. The Kier molecular flexibility index (Phi) is 7.17. The van der Waals surface area contributed by atoms with Crippen molar-refractivity contribution in [2.75, 3.05) is 13.7 Å². The number of rotatable bonds is 6. The van der Waals surface area contributed by atoms with Crippen LogP contribution in [0.2, 0.25) is 5.02 Å². The van der Waals surface area contributed by atoms with Crippen molar-refractivity contribution in [3.05, 3.63) is 81.2 Å². The van der Waals surface area contributed by atoms with Crippen LogP contribution in [0.25, 0.3) is 0 Å². The molecule has 0 fully saturated rings. The van der Waals surface area contributed by atoms with Gasteiger partial charge in [-0.05, 0) is 53.9 Å². The molecular weight excluding hydrogens is 510 g/mol. The van der Waals surface area contributed by atoms with E-state index in [9.17, 15) is 9.59 Å². The molecule has 2 aromatic rings. The van der Waals surface area contributed by atoms with Gasteiger partial charge < -0.3 is 14.4 Å². The lowest BCUT2D eigenvalue weighted by Crippen LogP contribution is -2.44. The van der Waals surface area contributed by atoms with E-state index >= 15 is 0 Å². The normalized spacial score (nSPS) is 20.6. The summed E-state index contributed by atoms with van der Waals surface area (Å²) in [5.74, 6) is 0.678. The van der Waals surface area contributed by atoms with Crippen LogP contribution in [0.15, 0.2) is 65.0 Å². The molecule has 1 heterocycles. The van der Waals surface area contributed by atoms with Gasteiger partial charge in [-0.25, -0.2) is 0 Å². The predicted octanol–water partition coefficient (Wildman–Crippen LogP) is 7.63. The molecule has 0 N–H and O–H groups in total. The van der Waals surface area contributed by atoms with Gasteiger partial charge in [-0.1, -0.05) is 69.6 Å². The number of ketones is 2. The van der Waals surface area contributed by atoms with Gasteiger partial charge in [0, 0.05) is 47.8 Å². The van der Waals surface area contributed by atoms with Crippen molar-refractivity contribution in [1.82, 2.24) is 4.90 Å². The molecule has 5 nitrogen and oxygen atoms in total. The third kappa shape index (κ3) is 5.14. The summed E-state index contributed by atoms with van der Waals surface area (Å²) in [4.78, 5) is 30.0. The number of benzene rings is 2. The Hall–Kier alpha value is -3.05. The van der Waals surface area contributed by atoms with E-state index in [1.807, 2.05) is 42.5 Å². The Labute approximate surface area is 236 Å². The number of nitrogens with zero attached hydrogens (tertiary/aromatic N) is 1. The minimum atomic E-state index is -0.473. The molecule has 0 unspecified atom stereocenters. The van der Waals surface area contributed by atoms with Crippen molar-refractivity contribution < 1.29 is 19.1 Å². The number of carbonyl (C=O) groups is 2. The summed E-state index contributed by atoms with van der Waals surface area (Å²) in [5, 5.41) is 0.398. The number of methoxy groups -OCH3 is 1. The van der Waals surface area contributed by atoms with Crippen LogP contribution in [0, 0.1) is 10.8 Å². The highest BCUT2D eigenvalue weighted by atomic mass is 35.5. The highest BCUT2D eigenvalue weighted by Crippen LogP contribution is 2.55. The summed E-state index contributed by atoms with van der Waals surface area (Å²) in [6.07, 6.45) is 2.47. The molecular formula is C33H38ClNO4. The molecule has 2 aliphatic carbocycles. The molecule has 0 saturated carbocycles. The molecule has 0 amide bonds. The first-order valence-corrected chi connectivity index (χ1v) is 14.2. The molecule has 0 spiro atoms. The molecule has 5 rings (SSSR count). The predicted molar refractivity (Wildman–Crippen MR) is 154 cm³/mol. The van der Waals surface area contributed by atoms with E-state index in [4.69, 9.17) is 21.1 Å². The first-order valence-electron chi connectivity index (χ1n) is 13.8. The van der Waals surface area contributed by atoms with Crippen LogP contribution in [0.5, 0.6) is 11.5 Å². The quantitative estimate of drug-likeness (QED) is 0.372. The second kappa shape index (κ2) is 10.2. The molecule has 0 saturated heterocycles. The molecule has 39 heavy (non-hydrogen) atoms. The number of Topliss-reactive ketones (excluding diaryl/α,β-unsaturated/α-hetero) is 2. The molecule has 206 valence electrons. The van der Waals surface area contributed by atoms with Gasteiger partial charge in [0.2, 0.25) is 0 Å². The standard InChI is InChI=1S/C33H38ClNO4/c1-7-35-23-15-32(2,3)17-25(36)29(23)28(30-24(35)16-33(4,5)18-26(30)37)21-13-22(34)31(27(14-21)38-6)39-19-20-11-9-8-10-12-20/h8-14,28H,7,15-19H2,1-6H3. The second-order valence-corrected chi connectivity index (χ2v) is 13.0. The van der Waals surface area contributed by atoms with Gasteiger partial charge in [0.05, 0.1) is 12.1 Å². The number of hydrogen-bond donors (Lipinski definition) is 0. The van der Waals surface area contributed by atoms with Gasteiger partial charge in [-0.2, -0.15) is 0 Å². The van der Waals surface area contributed by atoms with Crippen LogP contribution in [0.1, 0.15) is 77.3 Å². The zero-order valence-corrected chi connectivity index (χ0v) is 24.6. The lowest BCUT2D eigenvalue weighted by atomic mass is 9.63. The van der Waals surface area contributed by atoms with E-state index in [1.165, 1.54) is 0 Å². The van der Waals surface area contributed by atoms with Crippen molar-refractivity contribution in [2.24, 2.45) is 10.8 Å². The Balaban J connectivity index is 1.66. The fraction of sp³-hybridized carbons (Fsp3) is 0.455. The van der Waals surface area contributed by atoms with E-state index in [0.29, 0.717) is 42.5 Å². The van der Waals surface area contributed by atoms with Crippen LogP contribution >= 0.6 is 11.6 Å². The highest BCUT2D eigenvalue weighted by Gasteiger charge is 2.48. The van der Waals surface area contributed by atoms with E-state index in [2.05, 4.69) is 39.5 Å². The zero-order chi connectivity index (χ0) is 28.1. The molecule has 6 heteroatoms. The number of hydrogen-bond acceptors (Lipinski definition) is 5. The van der Waals surface area contributed by atoms with Crippen molar-refractivity contribution in [2.45, 2.75) is 72.8 Å². The maximum absolute atomic E-state index is 13.9. The average molecular weight is 548 g/mol. The minimum Gasteiger partial charge on any atom is -0.493 e. The van der Waals surface area contributed by atoms with Crippen molar-refractivity contribution in [3.8, 4) is 11.5 Å². The Morgan fingerprint density at radius 1 is 0.897 bits per heavy atom. The van der Waals surface area contributed by atoms with Gasteiger partial charge in [0.25, 0.3) is 0 Å². The van der Waals surface area contributed by atoms with E-state index in [1.54, 1.807) is 7.11 Å². The number of halogens is 1. The Bertz CT molecular complexity index is 1330. The number of ether oxygens (including phenoxy) is 2. The summed E-state index contributed by atoms with van der Waals surface area (Å²) in [6, 6.07) is 13.6. The summed E-state index contributed by atoms with van der Waals surface area (Å²) in [7, 11) is 1.59. The first kappa shape index (κ1) is 27.5. The minimum absolute atomic E-state index is 0.105. The van der Waals surface area contributed by atoms with Gasteiger partial charge >= 0.3 is 0 Å². The summed E-state index contributed by atoms with van der Waals surface area (Å²) >= 11 is 6.85. The van der Waals surface area contributed by atoms with Gasteiger partial charge in [-0.15, -0.1) is 0 Å². The average Bonchev–Trinajstić information content (AvgIpc) is 2.85. The highest BCUT2D eigenvalue weighted by molar-refractivity contribution is 6.32. The van der Waals surface area contributed by atoms with Crippen LogP contribution < -0.4 is 9.47 Å². The van der Waals surface area contributed by atoms with Crippen LogP contribution in [0.4, 0.5) is 0 Å². The molecule has 3 aliphatic rings. The first-order chi connectivity index (χ1) is 18.4. The van der Waals surface area contributed by atoms with Crippen molar-refractivity contribution in [3.63, 3.8) is 0 Å². The summed E-state index contributed by atoms with van der Waals surface area (Å²) < 4.78 is 11.9. The molecule has 0 atom stereocenters. The van der Waals surface area contributed by atoms with Crippen LogP contribution in [-0.4, -0.2) is 30.1 Å². The van der Waals surface area contributed by atoms with Crippen LogP contribution in [-0.2, 0) is 16.2 Å². The largest absolute Gasteiger partial charge is 0.493 e. The number of carbonyl (C=O) groups excluding carboxylic acids is 2. The molecule has 0 radical (unpaired) electrons. The zero-order valence-electron chi connectivity index (χ0n) is 23.8. The van der Waals surface area contributed by atoms with Crippen molar-refractivity contribution in [1.29, 1.82) is 0 Å². The lowest BCUT2D eigenvalue weighted by Gasteiger charge is -2.49. The fourth-order valence-electron chi connectivity index (χ4n) is 6.54. The Morgan fingerprint density at radius 2 is 1.46 bits per heavy atom. The topological polar surface area (TPSA) is 55.8 Å². The maximum Gasteiger partial charge on any atom is 0.180 e. The second-order valence-electron chi connectivity index (χ2n) is 12.6. The summed E-state index contributed by atoms with van der Waals surface area (Å²) in [5.41, 5.74) is 5.08. The SMILES string of the molecule is CCN1C2=C(C(=O)CC(C)(C)C2)C(c2cc(Cl)c(OCc3ccccc3)c(OC)c2)C2=C1CC(C)(C)CC2=O. The van der Waals surface area contributed by atoms with E-state index in [0.717, 1.165) is 46.5 Å². The lowest BCUT2D eigenvalue weighted by molar-refractivity contribution is -0.119. The van der Waals surface area contributed by atoms with E-state index in [-0.39, 0.29) is 22.4 Å². The monoisotopic (exact) mass is 547 g/mol. The smallest absolute Gasteiger partial charge is 0.180 e. The van der Waals surface area contributed by atoms with Gasteiger partial charge in [0.15, 0.2) is 23.1 Å². The molecule has 1 aliphatic heterocycles. The third-order valence-electron chi connectivity index (χ3n) is 8.15. The molecule has 0 aromatic heterocycles. The van der Waals surface area contributed by atoms with E-state index < -0.39 is 5.92 Å². The van der Waals surface area contributed by atoms with Crippen molar-refractivity contribution >= 4 is 23.2 Å². The third-order valence-corrected chi connectivity index (χ3v) is 8.43. The summed E-state index contributed by atoms with van der Waals surface area (Å²) in [6.45, 7) is 11.8.